The molecule has 1 aromatic carbocycles. The fourth-order valence-electron chi connectivity index (χ4n) is 1.49. The number of hydrogen-bond donors (Lipinski definition) is 3. The van der Waals surface area contributed by atoms with Crippen LogP contribution >= 0.6 is 0 Å². The highest BCUT2D eigenvalue weighted by molar-refractivity contribution is 7.91. The predicted molar refractivity (Wildman–Crippen MR) is 74.1 cm³/mol. The molecule has 0 unspecified atom stereocenters. The number of nitrogens with two attached hydrogens (primary N) is 1. The standard InChI is InChI=1S/C12H19N3O3S/c1-9(2)14-7-8-19(17,18)11-5-3-10(4-6-11)12(13)15-16/h3-6,9,14,16H,7-8H2,1-2H3,(H2,13,15). The van der Waals surface area contributed by atoms with Gasteiger partial charge in [-0.05, 0) is 24.3 Å². The first-order chi connectivity index (χ1) is 8.86. The monoisotopic (exact) mass is 285 g/mol. The number of nitrogens with zero attached hydrogens (tertiary/aromatic N) is 1. The van der Waals surface area contributed by atoms with E-state index in [0.29, 0.717) is 12.1 Å². The fraction of sp³-hybridized carbons (Fsp3) is 0.417. The van der Waals surface area contributed by atoms with Gasteiger partial charge >= 0.3 is 0 Å². The van der Waals surface area contributed by atoms with Gasteiger partial charge in [0.2, 0.25) is 0 Å². The van der Waals surface area contributed by atoms with Gasteiger partial charge < -0.3 is 16.3 Å². The molecule has 106 valence electrons. The van der Waals surface area contributed by atoms with Crippen molar-refractivity contribution in [1.29, 1.82) is 0 Å². The van der Waals surface area contributed by atoms with Crippen molar-refractivity contribution in [2.75, 3.05) is 12.3 Å². The van der Waals surface area contributed by atoms with Crippen LogP contribution in [0.1, 0.15) is 19.4 Å². The molecule has 0 amide bonds. The third kappa shape index (κ3) is 4.53. The van der Waals surface area contributed by atoms with Crippen LogP contribution in [-0.2, 0) is 9.84 Å². The number of nitrogens with one attached hydrogen (secondary N) is 1. The molecule has 7 heteroatoms. The maximum absolute atomic E-state index is 12.0. The topological polar surface area (TPSA) is 105 Å². The van der Waals surface area contributed by atoms with Gasteiger partial charge in [0.25, 0.3) is 0 Å². The molecule has 0 aliphatic carbocycles. The summed E-state index contributed by atoms with van der Waals surface area (Å²) in [7, 11) is -3.31. The minimum Gasteiger partial charge on any atom is -0.409 e. The molecule has 0 aliphatic heterocycles. The van der Waals surface area contributed by atoms with E-state index in [1.807, 2.05) is 13.8 Å². The van der Waals surface area contributed by atoms with Crippen molar-refractivity contribution in [2.45, 2.75) is 24.8 Å². The second kappa shape index (κ2) is 6.53. The lowest BCUT2D eigenvalue weighted by Crippen LogP contribution is -2.28. The first kappa shape index (κ1) is 15.5. The average Bonchev–Trinajstić information content (AvgIpc) is 2.37. The molecule has 0 heterocycles. The van der Waals surface area contributed by atoms with Gasteiger partial charge in [-0.25, -0.2) is 8.42 Å². The van der Waals surface area contributed by atoms with Crippen LogP contribution in [-0.4, -0.2) is 37.8 Å². The Bertz CT molecular complexity index is 536. The van der Waals surface area contributed by atoms with Gasteiger partial charge in [-0.2, -0.15) is 0 Å². The number of sulfone groups is 1. The van der Waals surface area contributed by atoms with E-state index in [0.717, 1.165) is 0 Å². The summed E-state index contributed by atoms with van der Waals surface area (Å²) in [4.78, 5) is 0.229. The highest BCUT2D eigenvalue weighted by atomic mass is 32.2. The van der Waals surface area contributed by atoms with Crippen molar-refractivity contribution in [3.8, 4) is 0 Å². The molecule has 1 aromatic rings. The van der Waals surface area contributed by atoms with Crippen LogP contribution in [0.4, 0.5) is 0 Å². The van der Waals surface area contributed by atoms with Crippen molar-refractivity contribution in [3.05, 3.63) is 29.8 Å². The molecule has 0 bridgehead atoms. The smallest absolute Gasteiger partial charge is 0.179 e. The zero-order chi connectivity index (χ0) is 14.5. The fourth-order valence-corrected chi connectivity index (χ4v) is 2.66. The minimum absolute atomic E-state index is 0.0358. The van der Waals surface area contributed by atoms with E-state index < -0.39 is 9.84 Å². The SMILES string of the molecule is CC(C)NCCS(=O)(=O)c1ccc(/C(N)=N/O)cc1. The van der Waals surface area contributed by atoms with Crippen LogP contribution in [0.2, 0.25) is 0 Å². The van der Waals surface area contributed by atoms with Gasteiger partial charge in [-0.3, -0.25) is 0 Å². The second-order valence-corrected chi connectivity index (χ2v) is 6.55. The summed E-state index contributed by atoms with van der Waals surface area (Å²) in [6, 6.07) is 6.18. The van der Waals surface area contributed by atoms with Crippen LogP contribution in [0.15, 0.2) is 34.3 Å². The summed E-state index contributed by atoms with van der Waals surface area (Å²) in [6.07, 6.45) is 0. The molecule has 0 aromatic heterocycles. The summed E-state index contributed by atoms with van der Waals surface area (Å²) in [5.41, 5.74) is 5.88. The summed E-state index contributed by atoms with van der Waals surface area (Å²) in [5, 5.41) is 14.4. The van der Waals surface area contributed by atoms with Crippen LogP contribution in [0.5, 0.6) is 0 Å². The van der Waals surface area contributed by atoms with Crippen molar-refractivity contribution in [2.24, 2.45) is 10.9 Å². The summed E-state index contributed by atoms with van der Waals surface area (Å²) in [6.45, 7) is 4.32. The Kier molecular flexibility index (Phi) is 5.31. The molecule has 0 saturated carbocycles. The lowest BCUT2D eigenvalue weighted by atomic mass is 10.2. The Morgan fingerprint density at radius 2 is 1.95 bits per heavy atom. The van der Waals surface area contributed by atoms with Crippen LogP contribution in [0, 0.1) is 0 Å². The number of amidine groups is 1. The molecule has 0 radical (unpaired) electrons. The summed E-state index contributed by atoms with van der Waals surface area (Å²) >= 11 is 0. The van der Waals surface area contributed by atoms with Crippen LogP contribution < -0.4 is 11.1 Å². The predicted octanol–water partition coefficient (Wildman–Crippen LogP) is 0.553. The minimum atomic E-state index is -3.31. The summed E-state index contributed by atoms with van der Waals surface area (Å²) < 4.78 is 24.0. The average molecular weight is 285 g/mol. The van der Waals surface area contributed by atoms with Crippen molar-refractivity contribution in [1.82, 2.24) is 5.32 Å². The molecular formula is C12H19N3O3S. The first-order valence-corrected chi connectivity index (χ1v) is 7.56. The second-order valence-electron chi connectivity index (χ2n) is 4.44. The Morgan fingerprint density at radius 1 is 1.37 bits per heavy atom. The Labute approximate surface area is 113 Å². The number of rotatable bonds is 6. The van der Waals surface area contributed by atoms with E-state index in [1.54, 1.807) is 0 Å². The molecule has 6 nitrogen and oxygen atoms in total. The van der Waals surface area contributed by atoms with Crippen molar-refractivity contribution >= 4 is 15.7 Å². The largest absolute Gasteiger partial charge is 0.409 e. The Balaban J connectivity index is 2.79. The normalized spacial score (nSPS) is 12.9. The maximum Gasteiger partial charge on any atom is 0.179 e. The highest BCUT2D eigenvalue weighted by Gasteiger charge is 2.14. The molecule has 0 aliphatic rings. The molecule has 0 atom stereocenters. The van der Waals surface area contributed by atoms with Gasteiger partial charge in [0.05, 0.1) is 10.6 Å². The third-order valence-electron chi connectivity index (χ3n) is 2.54. The van der Waals surface area contributed by atoms with Crippen molar-refractivity contribution < 1.29 is 13.6 Å². The van der Waals surface area contributed by atoms with Gasteiger partial charge in [-0.1, -0.05) is 19.0 Å². The number of benzene rings is 1. The lowest BCUT2D eigenvalue weighted by molar-refractivity contribution is 0.318. The zero-order valence-corrected chi connectivity index (χ0v) is 11.8. The molecule has 0 saturated heterocycles. The molecular weight excluding hydrogens is 266 g/mol. The van der Waals surface area contributed by atoms with Crippen LogP contribution in [0.3, 0.4) is 0 Å². The molecule has 0 fully saturated rings. The van der Waals surface area contributed by atoms with Gasteiger partial charge in [0, 0.05) is 18.2 Å². The zero-order valence-electron chi connectivity index (χ0n) is 11.0. The number of oxime groups is 1. The Hall–Kier alpha value is -1.60. The van der Waals surface area contributed by atoms with E-state index in [-0.39, 0.29) is 22.5 Å². The van der Waals surface area contributed by atoms with Gasteiger partial charge in [0.15, 0.2) is 15.7 Å². The molecule has 4 N–H and O–H groups in total. The Morgan fingerprint density at radius 3 is 2.42 bits per heavy atom. The summed E-state index contributed by atoms with van der Waals surface area (Å²) in [5.74, 6) is -0.0147. The number of hydrogen-bond acceptors (Lipinski definition) is 5. The van der Waals surface area contributed by atoms with Crippen LogP contribution in [0.25, 0.3) is 0 Å². The lowest BCUT2D eigenvalue weighted by Gasteiger charge is -2.09. The quantitative estimate of drug-likeness (QED) is 0.306. The van der Waals surface area contributed by atoms with E-state index >= 15 is 0 Å². The molecule has 19 heavy (non-hydrogen) atoms. The third-order valence-corrected chi connectivity index (χ3v) is 4.27. The molecule has 1 rings (SSSR count). The first-order valence-electron chi connectivity index (χ1n) is 5.91. The van der Waals surface area contributed by atoms with E-state index in [9.17, 15) is 8.42 Å². The highest BCUT2D eigenvalue weighted by Crippen LogP contribution is 2.12. The molecule has 0 spiro atoms. The maximum atomic E-state index is 12.0. The van der Waals surface area contributed by atoms with E-state index in [1.165, 1.54) is 24.3 Å². The van der Waals surface area contributed by atoms with Gasteiger partial charge in [0.1, 0.15) is 0 Å². The van der Waals surface area contributed by atoms with E-state index in [2.05, 4.69) is 10.5 Å². The van der Waals surface area contributed by atoms with Gasteiger partial charge in [-0.15, -0.1) is 0 Å². The van der Waals surface area contributed by atoms with Crippen molar-refractivity contribution in [3.63, 3.8) is 0 Å². The van der Waals surface area contributed by atoms with E-state index in [4.69, 9.17) is 10.9 Å².